The van der Waals surface area contributed by atoms with E-state index in [2.05, 4.69) is 10.3 Å². The summed E-state index contributed by atoms with van der Waals surface area (Å²) in [5.74, 6) is 0.278. The SMILES string of the molecule is N#Cc1ccnc(OCC2CNCCO2)c1Cl. The third kappa shape index (κ3) is 3.07. The smallest absolute Gasteiger partial charge is 0.234 e. The van der Waals surface area contributed by atoms with Crippen molar-refractivity contribution in [3.8, 4) is 11.9 Å². The van der Waals surface area contributed by atoms with Crippen molar-refractivity contribution in [1.82, 2.24) is 10.3 Å². The van der Waals surface area contributed by atoms with Crippen molar-refractivity contribution in [3.05, 3.63) is 22.8 Å². The molecule has 1 saturated heterocycles. The van der Waals surface area contributed by atoms with Crippen LogP contribution in [0.5, 0.6) is 5.88 Å². The van der Waals surface area contributed by atoms with Crippen LogP contribution in [0.25, 0.3) is 0 Å². The standard InChI is InChI=1S/C11H12ClN3O2/c12-10-8(5-13)1-2-15-11(10)17-7-9-6-14-3-4-16-9/h1-2,9,14H,3-4,6-7H2. The molecule has 1 atom stereocenters. The third-order valence-corrected chi connectivity index (χ3v) is 2.75. The molecule has 1 aromatic heterocycles. The Bertz CT molecular complexity index is 427. The van der Waals surface area contributed by atoms with E-state index in [1.165, 1.54) is 6.20 Å². The van der Waals surface area contributed by atoms with Gasteiger partial charge in [0.05, 0.1) is 12.2 Å². The number of nitrogens with zero attached hydrogens (tertiary/aromatic N) is 2. The number of ether oxygens (including phenoxy) is 2. The van der Waals surface area contributed by atoms with Crippen molar-refractivity contribution in [2.75, 3.05) is 26.3 Å². The minimum atomic E-state index is -0.00708. The Kier molecular flexibility index (Phi) is 4.15. The molecule has 0 bridgehead atoms. The molecule has 1 N–H and O–H groups in total. The summed E-state index contributed by atoms with van der Waals surface area (Å²) in [7, 11) is 0. The Morgan fingerprint density at radius 1 is 1.71 bits per heavy atom. The van der Waals surface area contributed by atoms with Gasteiger partial charge in [0, 0.05) is 19.3 Å². The molecule has 0 saturated carbocycles. The molecule has 6 heteroatoms. The van der Waals surface area contributed by atoms with Crippen LogP contribution in [-0.2, 0) is 4.74 Å². The molecule has 0 aromatic carbocycles. The van der Waals surface area contributed by atoms with Gasteiger partial charge in [-0.2, -0.15) is 5.26 Å². The maximum absolute atomic E-state index is 8.81. The first kappa shape index (κ1) is 12.1. The lowest BCUT2D eigenvalue weighted by atomic mass is 10.3. The fourth-order valence-electron chi connectivity index (χ4n) is 1.51. The number of hydrogen-bond donors (Lipinski definition) is 1. The van der Waals surface area contributed by atoms with E-state index in [1.807, 2.05) is 6.07 Å². The predicted molar refractivity (Wildman–Crippen MR) is 62.1 cm³/mol. The molecule has 0 aliphatic carbocycles. The number of aromatic nitrogens is 1. The van der Waals surface area contributed by atoms with Crippen LogP contribution in [-0.4, -0.2) is 37.4 Å². The van der Waals surface area contributed by atoms with Crippen LogP contribution in [0.2, 0.25) is 5.02 Å². The fraction of sp³-hybridized carbons (Fsp3) is 0.455. The molecule has 0 radical (unpaired) electrons. The van der Waals surface area contributed by atoms with Crippen LogP contribution in [0.15, 0.2) is 12.3 Å². The number of pyridine rings is 1. The maximum Gasteiger partial charge on any atom is 0.234 e. The van der Waals surface area contributed by atoms with Gasteiger partial charge < -0.3 is 14.8 Å². The molecule has 1 fully saturated rings. The van der Waals surface area contributed by atoms with Crippen molar-refractivity contribution in [2.24, 2.45) is 0 Å². The van der Waals surface area contributed by atoms with Gasteiger partial charge in [-0.25, -0.2) is 4.98 Å². The number of rotatable bonds is 3. The van der Waals surface area contributed by atoms with Gasteiger partial charge in [-0.1, -0.05) is 11.6 Å². The molecule has 2 heterocycles. The Labute approximate surface area is 104 Å². The zero-order valence-electron chi connectivity index (χ0n) is 9.15. The monoisotopic (exact) mass is 253 g/mol. The summed E-state index contributed by atoms with van der Waals surface area (Å²) in [6.07, 6.45) is 1.49. The molecule has 2 rings (SSSR count). The minimum Gasteiger partial charge on any atom is -0.474 e. The van der Waals surface area contributed by atoms with Crippen molar-refractivity contribution >= 4 is 11.6 Å². The predicted octanol–water partition coefficient (Wildman–Crippen LogP) is 0.974. The quantitative estimate of drug-likeness (QED) is 0.870. The molecule has 1 aliphatic heterocycles. The zero-order chi connectivity index (χ0) is 12.1. The highest BCUT2D eigenvalue weighted by molar-refractivity contribution is 6.32. The summed E-state index contributed by atoms with van der Waals surface area (Å²) in [5.41, 5.74) is 0.361. The second-order valence-corrected chi connectivity index (χ2v) is 3.98. The molecule has 90 valence electrons. The van der Waals surface area contributed by atoms with E-state index in [4.69, 9.17) is 26.3 Å². The highest BCUT2D eigenvalue weighted by atomic mass is 35.5. The van der Waals surface area contributed by atoms with E-state index in [0.717, 1.165) is 13.1 Å². The topological polar surface area (TPSA) is 67.2 Å². The third-order valence-electron chi connectivity index (χ3n) is 2.39. The molecular weight excluding hydrogens is 242 g/mol. The Hall–Kier alpha value is -1.35. The number of hydrogen-bond acceptors (Lipinski definition) is 5. The number of nitriles is 1. The summed E-state index contributed by atoms with van der Waals surface area (Å²) >= 11 is 5.96. The van der Waals surface area contributed by atoms with Crippen LogP contribution >= 0.6 is 11.6 Å². The zero-order valence-corrected chi connectivity index (χ0v) is 9.91. The van der Waals surface area contributed by atoms with Crippen LogP contribution in [0.1, 0.15) is 5.56 Å². The van der Waals surface area contributed by atoms with Gasteiger partial charge >= 0.3 is 0 Å². The average molecular weight is 254 g/mol. The van der Waals surface area contributed by atoms with Gasteiger partial charge in [-0.3, -0.25) is 0 Å². The normalized spacial score (nSPS) is 19.6. The van der Waals surface area contributed by atoms with Crippen molar-refractivity contribution in [2.45, 2.75) is 6.10 Å². The highest BCUT2D eigenvalue weighted by Crippen LogP contribution is 2.24. The first-order chi connectivity index (χ1) is 8.31. The molecule has 17 heavy (non-hydrogen) atoms. The average Bonchev–Trinajstić information content (AvgIpc) is 2.39. The van der Waals surface area contributed by atoms with Crippen LogP contribution in [0, 0.1) is 11.3 Å². The lowest BCUT2D eigenvalue weighted by Crippen LogP contribution is -2.41. The van der Waals surface area contributed by atoms with Gasteiger partial charge in [-0.15, -0.1) is 0 Å². The van der Waals surface area contributed by atoms with Gasteiger partial charge in [0.15, 0.2) is 0 Å². The first-order valence-electron chi connectivity index (χ1n) is 5.31. The Balaban J connectivity index is 1.96. The Morgan fingerprint density at radius 2 is 2.59 bits per heavy atom. The molecular formula is C11H12ClN3O2. The van der Waals surface area contributed by atoms with E-state index in [9.17, 15) is 0 Å². The van der Waals surface area contributed by atoms with Gasteiger partial charge in [-0.05, 0) is 6.07 Å². The van der Waals surface area contributed by atoms with Gasteiger partial charge in [0.25, 0.3) is 0 Å². The van der Waals surface area contributed by atoms with Gasteiger partial charge in [0.1, 0.15) is 23.8 Å². The second-order valence-electron chi connectivity index (χ2n) is 3.60. The Morgan fingerprint density at radius 3 is 3.29 bits per heavy atom. The van der Waals surface area contributed by atoms with Crippen LogP contribution in [0.3, 0.4) is 0 Å². The summed E-state index contributed by atoms with van der Waals surface area (Å²) in [5, 5.41) is 12.3. The van der Waals surface area contributed by atoms with Gasteiger partial charge in [0.2, 0.25) is 5.88 Å². The summed E-state index contributed by atoms with van der Waals surface area (Å²) in [6, 6.07) is 3.53. The van der Waals surface area contributed by atoms with Crippen molar-refractivity contribution < 1.29 is 9.47 Å². The van der Waals surface area contributed by atoms with Crippen molar-refractivity contribution in [3.63, 3.8) is 0 Å². The number of halogens is 1. The van der Waals surface area contributed by atoms with E-state index in [0.29, 0.717) is 18.8 Å². The van der Waals surface area contributed by atoms with E-state index in [-0.39, 0.29) is 17.0 Å². The van der Waals surface area contributed by atoms with Crippen LogP contribution in [0.4, 0.5) is 0 Å². The molecule has 1 aliphatic rings. The fourth-order valence-corrected chi connectivity index (χ4v) is 1.72. The lowest BCUT2D eigenvalue weighted by Gasteiger charge is -2.23. The second kappa shape index (κ2) is 5.82. The molecule has 1 unspecified atom stereocenters. The maximum atomic E-state index is 8.81. The molecule has 5 nitrogen and oxygen atoms in total. The lowest BCUT2D eigenvalue weighted by molar-refractivity contribution is -0.000719. The highest BCUT2D eigenvalue weighted by Gasteiger charge is 2.16. The number of morpholine rings is 1. The van der Waals surface area contributed by atoms with Crippen molar-refractivity contribution in [1.29, 1.82) is 5.26 Å². The summed E-state index contributed by atoms with van der Waals surface area (Å²) < 4.78 is 10.9. The van der Waals surface area contributed by atoms with E-state index < -0.39 is 0 Å². The van der Waals surface area contributed by atoms with E-state index in [1.54, 1.807) is 6.07 Å². The van der Waals surface area contributed by atoms with E-state index >= 15 is 0 Å². The molecule has 0 amide bonds. The molecule has 0 spiro atoms. The molecule has 1 aromatic rings. The largest absolute Gasteiger partial charge is 0.474 e. The number of nitrogens with one attached hydrogen (secondary N) is 1. The minimum absolute atomic E-state index is 0.00708. The summed E-state index contributed by atoms with van der Waals surface area (Å²) in [6.45, 7) is 2.65. The first-order valence-corrected chi connectivity index (χ1v) is 5.69. The van der Waals surface area contributed by atoms with Crippen LogP contribution < -0.4 is 10.1 Å². The summed E-state index contributed by atoms with van der Waals surface area (Å²) in [4.78, 5) is 3.99.